The van der Waals surface area contributed by atoms with E-state index in [9.17, 15) is 25.2 Å². The first kappa shape index (κ1) is 25.7. The number of fused-ring (bicyclic) bond motifs is 7. The Morgan fingerprint density at radius 2 is 1.60 bits per heavy atom. The molecule has 35 heavy (non-hydrogen) atoms. The van der Waals surface area contributed by atoms with Gasteiger partial charge >= 0.3 is 5.97 Å². The number of allylic oxidation sites excluding steroid dienone is 1. The van der Waals surface area contributed by atoms with E-state index in [1.54, 1.807) is 0 Å². The molecular weight excluding hydrogens is 440 g/mol. The van der Waals surface area contributed by atoms with E-state index in [1.165, 1.54) is 5.57 Å². The van der Waals surface area contributed by atoms with Gasteiger partial charge in [0.15, 0.2) is 0 Å². The Morgan fingerprint density at radius 3 is 2.23 bits per heavy atom. The number of aliphatic carboxylic acids is 1. The molecule has 0 heterocycles. The quantitative estimate of drug-likeness (QED) is 0.382. The molecule has 5 nitrogen and oxygen atoms in total. The van der Waals surface area contributed by atoms with Crippen molar-refractivity contribution < 1.29 is 25.2 Å². The average Bonchev–Trinajstić information content (AvgIpc) is 2.75. The van der Waals surface area contributed by atoms with Crippen molar-refractivity contribution in [3.63, 3.8) is 0 Å². The number of rotatable bonds is 1. The minimum absolute atomic E-state index is 0.0535. The Bertz CT molecular complexity index is 952. The predicted octanol–water partition coefficient (Wildman–Crippen LogP) is 5.18. The Balaban J connectivity index is 1.65. The van der Waals surface area contributed by atoms with Gasteiger partial charge in [0, 0.05) is 5.92 Å². The third-order valence-corrected chi connectivity index (χ3v) is 13.4. The Labute approximate surface area is 211 Å². The maximum absolute atomic E-state index is 12.8. The van der Waals surface area contributed by atoms with Gasteiger partial charge < -0.3 is 20.4 Å². The number of aliphatic hydroxyl groups excluding tert-OH is 2. The zero-order chi connectivity index (χ0) is 26.0. The molecule has 0 aromatic rings. The average molecular weight is 489 g/mol. The first-order valence-corrected chi connectivity index (χ1v) is 14.0. The lowest BCUT2D eigenvalue weighted by molar-refractivity contribution is -0.237. The second-order valence-corrected chi connectivity index (χ2v) is 14.9. The zero-order valence-electron chi connectivity index (χ0n) is 22.9. The van der Waals surface area contributed by atoms with Crippen molar-refractivity contribution in [1.29, 1.82) is 0 Å². The van der Waals surface area contributed by atoms with Crippen molar-refractivity contribution in [2.24, 2.45) is 50.7 Å². The highest BCUT2D eigenvalue weighted by Gasteiger charge is 2.71. The molecule has 4 N–H and O–H groups in total. The van der Waals surface area contributed by atoms with Crippen LogP contribution in [0.3, 0.4) is 0 Å². The summed E-state index contributed by atoms with van der Waals surface area (Å²) in [5.74, 6) is -0.394. The lowest BCUT2D eigenvalue weighted by Gasteiger charge is -2.72. The van der Waals surface area contributed by atoms with Crippen LogP contribution in [0.1, 0.15) is 99.8 Å². The largest absolute Gasteiger partial charge is 0.481 e. The zero-order valence-corrected chi connectivity index (χ0v) is 22.9. The van der Waals surface area contributed by atoms with E-state index >= 15 is 0 Å². The summed E-state index contributed by atoms with van der Waals surface area (Å²) < 4.78 is 0. The van der Waals surface area contributed by atoms with E-state index in [4.69, 9.17) is 0 Å². The van der Waals surface area contributed by atoms with Crippen LogP contribution in [0.5, 0.6) is 0 Å². The molecule has 11 atom stereocenters. The van der Waals surface area contributed by atoms with Crippen molar-refractivity contribution in [3.05, 3.63) is 11.6 Å². The summed E-state index contributed by atoms with van der Waals surface area (Å²) in [5.41, 5.74) is -1.46. The monoisotopic (exact) mass is 488 g/mol. The highest BCUT2D eigenvalue weighted by Crippen LogP contribution is 2.76. The summed E-state index contributed by atoms with van der Waals surface area (Å²) in [6, 6.07) is 0. The van der Waals surface area contributed by atoms with E-state index in [0.29, 0.717) is 31.1 Å². The minimum Gasteiger partial charge on any atom is -0.481 e. The van der Waals surface area contributed by atoms with Gasteiger partial charge in [0.05, 0.1) is 23.2 Å². The van der Waals surface area contributed by atoms with E-state index in [-0.39, 0.29) is 33.5 Å². The summed E-state index contributed by atoms with van der Waals surface area (Å²) >= 11 is 0. The van der Waals surface area contributed by atoms with Gasteiger partial charge in [0.1, 0.15) is 0 Å². The molecule has 5 rings (SSSR count). The first-order chi connectivity index (χ1) is 16.0. The normalized spacial score (nSPS) is 57.1. The highest BCUT2D eigenvalue weighted by molar-refractivity contribution is 5.77. The van der Waals surface area contributed by atoms with Crippen LogP contribution >= 0.6 is 0 Å². The summed E-state index contributed by atoms with van der Waals surface area (Å²) in [4.78, 5) is 12.8. The van der Waals surface area contributed by atoms with Gasteiger partial charge in [-0.1, -0.05) is 53.2 Å². The number of carboxylic acids is 1. The van der Waals surface area contributed by atoms with Crippen LogP contribution in [0.2, 0.25) is 0 Å². The van der Waals surface area contributed by atoms with Gasteiger partial charge in [-0.2, -0.15) is 0 Å². The van der Waals surface area contributed by atoms with E-state index in [1.807, 2.05) is 6.92 Å². The number of hydrogen-bond acceptors (Lipinski definition) is 4. The second-order valence-electron chi connectivity index (χ2n) is 14.9. The van der Waals surface area contributed by atoms with Crippen molar-refractivity contribution in [3.8, 4) is 0 Å². The number of aliphatic hydroxyl groups is 3. The standard InChI is InChI=1S/C30H48O5/c1-17-10-13-30(24(33)34)15-14-27(5)18(22(30)29(17,7)35)8-9-21-26(4)16-19(31)23(32)25(2,3)20(26)11-12-28(21,27)6/h8,17,19-23,31-32,35H,9-16H2,1-7H3,(H,33,34)/t17-,19-,20+,21-,22-,23+,26+,27-,28-,29-,30+/m0/s1. The Kier molecular flexibility index (Phi) is 5.40. The molecule has 5 aliphatic rings. The predicted molar refractivity (Wildman–Crippen MR) is 135 cm³/mol. The molecule has 198 valence electrons. The molecule has 0 spiro atoms. The van der Waals surface area contributed by atoms with Gasteiger partial charge in [-0.15, -0.1) is 0 Å². The van der Waals surface area contributed by atoms with Gasteiger partial charge in [-0.3, -0.25) is 4.79 Å². The van der Waals surface area contributed by atoms with Crippen molar-refractivity contribution >= 4 is 5.97 Å². The van der Waals surface area contributed by atoms with Gasteiger partial charge in [-0.25, -0.2) is 0 Å². The molecule has 0 aromatic heterocycles. The fourth-order valence-corrected chi connectivity index (χ4v) is 11.0. The number of carbonyl (C=O) groups is 1. The molecule has 5 aliphatic carbocycles. The van der Waals surface area contributed by atoms with Crippen molar-refractivity contribution in [1.82, 2.24) is 0 Å². The Hall–Kier alpha value is -0.910. The maximum atomic E-state index is 12.8. The molecule has 4 saturated carbocycles. The van der Waals surface area contributed by atoms with Crippen LogP contribution in [0.25, 0.3) is 0 Å². The molecule has 5 heteroatoms. The van der Waals surface area contributed by atoms with Crippen molar-refractivity contribution in [2.45, 2.75) is 118 Å². The third-order valence-electron chi connectivity index (χ3n) is 13.4. The second kappa shape index (κ2) is 7.35. The fraction of sp³-hybridized carbons (Fsp3) is 0.900. The fourth-order valence-electron chi connectivity index (χ4n) is 11.0. The van der Waals surface area contributed by atoms with Crippen LogP contribution in [0.4, 0.5) is 0 Å². The molecule has 0 unspecified atom stereocenters. The van der Waals surface area contributed by atoms with Crippen LogP contribution in [0.15, 0.2) is 11.6 Å². The van der Waals surface area contributed by atoms with Crippen LogP contribution in [-0.4, -0.2) is 44.2 Å². The third kappa shape index (κ3) is 2.90. The van der Waals surface area contributed by atoms with Gasteiger partial charge in [-0.05, 0) is 97.7 Å². The van der Waals surface area contributed by atoms with Gasteiger partial charge in [0.25, 0.3) is 0 Å². The molecule has 0 amide bonds. The molecule has 0 bridgehead atoms. The van der Waals surface area contributed by atoms with Gasteiger partial charge in [0.2, 0.25) is 0 Å². The number of hydrogen-bond donors (Lipinski definition) is 4. The van der Waals surface area contributed by atoms with Crippen LogP contribution < -0.4 is 0 Å². The summed E-state index contributed by atoms with van der Waals surface area (Å²) in [7, 11) is 0. The smallest absolute Gasteiger partial charge is 0.310 e. The van der Waals surface area contributed by atoms with Crippen LogP contribution in [-0.2, 0) is 4.79 Å². The molecule has 0 saturated heterocycles. The summed E-state index contributed by atoms with van der Waals surface area (Å²) in [5, 5.41) is 44.3. The topological polar surface area (TPSA) is 98.0 Å². The van der Waals surface area contributed by atoms with E-state index in [0.717, 1.165) is 32.1 Å². The first-order valence-electron chi connectivity index (χ1n) is 14.0. The van der Waals surface area contributed by atoms with Crippen molar-refractivity contribution in [2.75, 3.05) is 0 Å². The van der Waals surface area contributed by atoms with E-state index in [2.05, 4.69) is 47.6 Å². The SMILES string of the molecule is C[C@H]1CC[C@@]2(C(=O)O)CC[C@@]3(C)C(=CC[C@H]4[C@]5(C)C[C@H](O)[C@@H](O)C(C)(C)[C@H]5CC[C@@]43C)[C@H]2[C@@]1(C)O. The number of carboxylic acid groups (broad SMARTS) is 1. The summed E-state index contributed by atoms with van der Waals surface area (Å²) in [6.45, 7) is 15.3. The highest BCUT2D eigenvalue weighted by atomic mass is 16.4. The maximum Gasteiger partial charge on any atom is 0.310 e. The summed E-state index contributed by atoms with van der Waals surface area (Å²) in [6.07, 6.45) is 7.21. The lowest BCUT2D eigenvalue weighted by Crippen LogP contribution is -2.68. The van der Waals surface area contributed by atoms with Crippen LogP contribution in [0, 0.1) is 50.7 Å². The lowest BCUT2D eigenvalue weighted by atomic mass is 9.33. The molecule has 4 fully saturated rings. The minimum atomic E-state index is -1.05. The molecule has 0 aliphatic heterocycles. The molecule has 0 radical (unpaired) electrons. The molecular formula is C30H48O5. The Morgan fingerprint density at radius 1 is 0.943 bits per heavy atom. The van der Waals surface area contributed by atoms with E-state index < -0.39 is 29.2 Å². The molecule has 0 aromatic carbocycles.